The molecular weight excluding hydrogens is 687 g/mol. The van der Waals surface area contributed by atoms with Crippen molar-refractivity contribution in [3.05, 3.63) is 53.4 Å². The van der Waals surface area contributed by atoms with Gasteiger partial charge in [0, 0.05) is 58.9 Å². The number of nitrogens with zero attached hydrogens (tertiary/aromatic N) is 5. The van der Waals surface area contributed by atoms with Crippen LogP contribution in [0.3, 0.4) is 0 Å². The van der Waals surface area contributed by atoms with Crippen molar-refractivity contribution in [2.45, 2.75) is 49.5 Å². The first-order chi connectivity index (χ1) is 23.2. The van der Waals surface area contributed by atoms with Crippen LogP contribution in [0.1, 0.15) is 30.5 Å². The van der Waals surface area contributed by atoms with Crippen LogP contribution in [0.2, 0.25) is 0 Å². The number of aliphatic hydroxyl groups is 1. The van der Waals surface area contributed by atoms with Gasteiger partial charge in [-0.05, 0) is 37.6 Å². The number of nitriles is 1. The maximum absolute atomic E-state index is 15.3. The Morgan fingerprint density at radius 3 is 2.53 bits per heavy atom. The topological polar surface area (TPSA) is 162 Å². The summed E-state index contributed by atoms with van der Waals surface area (Å²) in [5.74, 6) is -1.64. The number of thiophene rings is 1. The number of carbonyl (C=O) groups excluding carboxylic acids is 2. The summed E-state index contributed by atoms with van der Waals surface area (Å²) in [5.41, 5.74) is 10.0. The van der Waals surface area contributed by atoms with Crippen LogP contribution in [0.15, 0.2) is 40.7 Å². The second kappa shape index (κ2) is 12.8. The highest BCUT2D eigenvalue weighted by Gasteiger charge is 2.44. The fraction of sp³-hybridized carbons (Fsp3) is 0.375. The average Bonchev–Trinajstić information content (AvgIpc) is 3.25. The summed E-state index contributed by atoms with van der Waals surface area (Å²) in [7, 11) is 0. The van der Waals surface area contributed by atoms with Crippen molar-refractivity contribution in [3.63, 3.8) is 0 Å². The number of anilines is 2. The van der Waals surface area contributed by atoms with E-state index in [1.807, 2.05) is 6.07 Å². The lowest BCUT2D eigenvalue weighted by Gasteiger charge is -2.47. The van der Waals surface area contributed by atoms with Crippen molar-refractivity contribution in [1.29, 1.82) is 5.26 Å². The van der Waals surface area contributed by atoms with E-state index < -0.39 is 42.5 Å². The number of alkyl halides is 3. The molecule has 2 unspecified atom stereocenters. The minimum atomic E-state index is -4.95. The van der Waals surface area contributed by atoms with Crippen LogP contribution >= 0.6 is 23.1 Å². The normalized spacial score (nSPS) is 22.3. The number of hydrogen-bond donors (Lipinski definition) is 3. The predicted octanol–water partition coefficient (Wildman–Crippen LogP) is 4.11. The second-order valence-corrected chi connectivity index (χ2v) is 14.1. The molecule has 0 aliphatic carbocycles. The van der Waals surface area contributed by atoms with Crippen LogP contribution in [0.25, 0.3) is 21.2 Å². The third-order valence-electron chi connectivity index (χ3n) is 8.73. The molecule has 3 aromatic rings. The number of aliphatic imine (C=N–C) groups is 1. The van der Waals surface area contributed by atoms with Crippen LogP contribution < -0.4 is 16.4 Å². The lowest BCUT2D eigenvalue weighted by molar-refractivity contribution is -0.137. The molecule has 3 aliphatic rings. The fourth-order valence-electron chi connectivity index (χ4n) is 6.83. The number of fused-ring (bicyclic) bond motifs is 1. The molecule has 6 rings (SSSR count). The highest BCUT2D eigenvalue weighted by molar-refractivity contribution is 7.99. The van der Waals surface area contributed by atoms with Gasteiger partial charge in [0.05, 0.1) is 27.6 Å². The summed E-state index contributed by atoms with van der Waals surface area (Å²) in [5, 5.41) is 21.4. The van der Waals surface area contributed by atoms with Gasteiger partial charge in [0.2, 0.25) is 18.2 Å². The van der Waals surface area contributed by atoms with Crippen LogP contribution in [-0.4, -0.2) is 89.1 Å². The number of piperazine rings is 1. The molecule has 0 bridgehead atoms. The van der Waals surface area contributed by atoms with E-state index in [0.29, 0.717) is 0 Å². The molecule has 11 nitrogen and oxygen atoms in total. The van der Waals surface area contributed by atoms with Gasteiger partial charge in [0.25, 0.3) is 0 Å². The van der Waals surface area contributed by atoms with Crippen LogP contribution in [0.5, 0.6) is 0 Å². The van der Waals surface area contributed by atoms with Gasteiger partial charge in [0.15, 0.2) is 0 Å². The molecule has 49 heavy (non-hydrogen) atoms. The number of thioether (sulfide) groups is 1. The highest BCUT2D eigenvalue weighted by atomic mass is 32.2. The lowest BCUT2D eigenvalue weighted by Crippen LogP contribution is -2.60. The predicted molar refractivity (Wildman–Crippen MR) is 178 cm³/mol. The number of amides is 2. The Balaban J connectivity index is 1.62. The molecule has 2 amide bonds. The van der Waals surface area contributed by atoms with Gasteiger partial charge in [-0.15, -0.1) is 23.1 Å². The number of rotatable bonds is 5. The lowest BCUT2D eigenvalue weighted by atomic mass is 9.90. The van der Waals surface area contributed by atoms with Gasteiger partial charge in [-0.1, -0.05) is 12.6 Å². The average molecular weight is 718 g/mol. The molecule has 17 heteroatoms. The fourth-order valence-corrected chi connectivity index (χ4v) is 9.06. The van der Waals surface area contributed by atoms with E-state index in [1.54, 1.807) is 23.6 Å². The number of hydrogen-bond acceptors (Lipinski definition) is 11. The largest absolute Gasteiger partial charge is 0.417 e. The Kier molecular flexibility index (Phi) is 9.03. The van der Waals surface area contributed by atoms with Gasteiger partial charge in [-0.25, -0.2) is 9.38 Å². The molecule has 4 heterocycles. The number of aliphatic hydroxyl groups excluding tert-OH is 1. The first-order valence-corrected chi connectivity index (χ1v) is 16.9. The molecule has 1 fully saturated rings. The number of carbonyl (C=O) groups is 2. The standard InChI is InChI=1S/C32H31F4N7O4S2/c1-4-23(45)43-14(2)9-41(10-15(43)3)30-18-7-20(32(34,35)36)25(17-5-6-21(33)27-24(17)19(8-37)29(39)49-27)28-26(18)42(31(46)40-30)11-16(13-48-28)47-12-22(38)44/h4-7,14-16,31,46H,1,9-13,39H2,2-3H3,(H2,38,44)/t14-,15+,16?,31?. The summed E-state index contributed by atoms with van der Waals surface area (Å²) < 4.78 is 66.7. The summed E-state index contributed by atoms with van der Waals surface area (Å²) in [6.07, 6.45) is -6.11. The van der Waals surface area contributed by atoms with E-state index in [0.717, 1.165) is 35.2 Å². The van der Waals surface area contributed by atoms with E-state index in [1.165, 1.54) is 17.0 Å². The molecule has 2 aromatic carbocycles. The van der Waals surface area contributed by atoms with E-state index in [4.69, 9.17) is 16.2 Å². The van der Waals surface area contributed by atoms with Crippen molar-refractivity contribution >= 4 is 61.5 Å². The third kappa shape index (κ3) is 5.96. The van der Waals surface area contributed by atoms with Gasteiger partial charge >= 0.3 is 6.18 Å². The van der Waals surface area contributed by atoms with E-state index >= 15 is 17.6 Å². The van der Waals surface area contributed by atoms with Gasteiger partial charge < -0.3 is 36.0 Å². The zero-order chi connectivity index (χ0) is 35.5. The summed E-state index contributed by atoms with van der Waals surface area (Å²) >= 11 is 1.77. The smallest absolute Gasteiger partial charge is 0.389 e. The number of amidine groups is 1. The van der Waals surface area contributed by atoms with Gasteiger partial charge in [-0.3, -0.25) is 9.59 Å². The number of primary amides is 1. The van der Waals surface area contributed by atoms with Crippen LogP contribution in [0.4, 0.5) is 28.3 Å². The monoisotopic (exact) mass is 717 g/mol. The zero-order valence-electron chi connectivity index (χ0n) is 26.3. The van der Waals surface area contributed by atoms with E-state index in [-0.39, 0.29) is 97.1 Å². The molecule has 1 saturated heterocycles. The van der Waals surface area contributed by atoms with E-state index in [9.17, 15) is 20.0 Å². The first-order valence-electron chi connectivity index (χ1n) is 15.1. The maximum atomic E-state index is 15.3. The molecule has 0 saturated carbocycles. The quantitative estimate of drug-likeness (QED) is 0.261. The van der Waals surface area contributed by atoms with Gasteiger partial charge in [-0.2, -0.15) is 18.4 Å². The highest BCUT2D eigenvalue weighted by Crippen LogP contribution is 2.54. The minimum Gasteiger partial charge on any atom is -0.389 e. The first kappa shape index (κ1) is 34.5. The second-order valence-electron chi connectivity index (χ2n) is 12.0. The number of nitrogens with two attached hydrogens (primary N) is 2. The molecule has 5 N–H and O–H groups in total. The zero-order valence-corrected chi connectivity index (χ0v) is 27.9. The number of ether oxygens (including phenoxy) is 1. The summed E-state index contributed by atoms with van der Waals surface area (Å²) in [6.45, 7) is 7.04. The molecule has 0 radical (unpaired) electrons. The molecule has 4 atom stereocenters. The maximum Gasteiger partial charge on any atom is 0.417 e. The van der Waals surface area contributed by atoms with Crippen molar-refractivity contribution < 1.29 is 37.0 Å². The Hall–Kier alpha value is -4.37. The number of benzene rings is 2. The van der Waals surface area contributed by atoms with Crippen molar-refractivity contribution in [2.24, 2.45) is 10.7 Å². The summed E-state index contributed by atoms with van der Waals surface area (Å²) in [6, 6.07) is 4.35. The van der Waals surface area contributed by atoms with Crippen LogP contribution in [0, 0.1) is 17.1 Å². The van der Waals surface area contributed by atoms with Crippen molar-refractivity contribution in [3.8, 4) is 17.2 Å². The number of halogens is 4. The SMILES string of the molecule is C=CC(=O)N1[C@H](C)CN(C2=NC(O)N3CC(OCC(N)=O)CSc4c(-c5ccc(F)c6sc(N)c(C#N)c56)c(C(F)(F)F)cc2c43)C[C@@H]1C. The molecule has 1 aromatic heterocycles. The Bertz CT molecular complexity index is 1950. The van der Waals surface area contributed by atoms with Crippen LogP contribution in [-0.2, 0) is 20.5 Å². The minimum absolute atomic E-state index is 0.0439. The Morgan fingerprint density at radius 2 is 1.92 bits per heavy atom. The molecule has 3 aliphatic heterocycles. The third-order valence-corrected chi connectivity index (χ3v) is 11.0. The van der Waals surface area contributed by atoms with Crippen molar-refractivity contribution in [2.75, 3.05) is 42.6 Å². The Labute approximate surface area is 286 Å². The summed E-state index contributed by atoms with van der Waals surface area (Å²) in [4.78, 5) is 33.5. The molecular formula is C32H31F4N7O4S2. The Morgan fingerprint density at radius 1 is 1.22 bits per heavy atom. The number of nitrogen functional groups attached to an aromatic ring is 1. The molecule has 0 spiro atoms. The van der Waals surface area contributed by atoms with Gasteiger partial charge in [0.1, 0.15) is 29.3 Å². The van der Waals surface area contributed by atoms with E-state index in [2.05, 4.69) is 11.6 Å². The van der Waals surface area contributed by atoms with Crippen molar-refractivity contribution in [1.82, 2.24) is 9.80 Å². The molecule has 258 valence electrons.